The number of para-hydroxylation sites is 1. The molecule has 0 aliphatic carbocycles. The Kier molecular flexibility index (Phi) is 8.58. The monoisotopic (exact) mass is 347 g/mol. The molecule has 7 heteroatoms. The van der Waals surface area contributed by atoms with Gasteiger partial charge in [0.15, 0.2) is 0 Å². The summed E-state index contributed by atoms with van der Waals surface area (Å²) in [5.41, 5.74) is 0.549. The number of halogens is 3. The molecule has 0 unspecified atom stereocenters. The van der Waals surface area contributed by atoms with Gasteiger partial charge in [-0.15, -0.1) is 0 Å². The van der Waals surface area contributed by atoms with E-state index in [1.165, 1.54) is 18.9 Å². The van der Waals surface area contributed by atoms with Gasteiger partial charge in [-0.2, -0.15) is 8.78 Å². The molecule has 1 amide bonds. The minimum Gasteiger partial charge on any atom is -0.449 e. The maximum absolute atomic E-state index is 12.2. The molecule has 0 radical (unpaired) electrons. The van der Waals surface area contributed by atoms with Crippen LogP contribution >= 0.6 is 11.6 Å². The lowest BCUT2D eigenvalue weighted by molar-refractivity contribution is 0.134. The summed E-state index contributed by atoms with van der Waals surface area (Å²) >= 11 is 6.07. The van der Waals surface area contributed by atoms with Gasteiger partial charge in [-0.05, 0) is 43.9 Å². The van der Waals surface area contributed by atoms with Crippen LogP contribution in [0.25, 0.3) is 0 Å². The van der Waals surface area contributed by atoms with E-state index >= 15 is 0 Å². The van der Waals surface area contributed by atoms with Crippen molar-refractivity contribution in [2.24, 2.45) is 0 Å². The molecule has 1 rings (SSSR count). The van der Waals surface area contributed by atoms with Crippen LogP contribution in [0.3, 0.4) is 0 Å². The zero-order valence-electron chi connectivity index (χ0n) is 13.2. The maximum atomic E-state index is 12.2. The van der Waals surface area contributed by atoms with Crippen LogP contribution in [-0.4, -0.2) is 26.5 Å². The second kappa shape index (κ2) is 10.2. The molecule has 1 aromatic rings. The van der Waals surface area contributed by atoms with Crippen LogP contribution in [0.2, 0.25) is 5.02 Å². The number of benzene rings is 1. The Morgan fingerprint density at radius 1 is 1.26 bits per heavy atom. The van der Waals surface area contributed by atoms with Gasteiger partial charge in [-0.25, -0.2) is 4.79 Å². The molecule has 0 atom stereocenters. The van der Waals surface area contributed by atoms with Crippen molar-refractivity contribution in [2.45, 2.75) is 26.2 Å². The van der Waals surface area contributed by atoms with Gasteiger partial charge in [-0.3, -0.25) is 4.90 Å². The highest BCUT2D eigenvalue weighted by Crippen LogP contribution is 2.25. The molecule has 23 heavy (non-hydrogen) atoms. The lowest BCUT2D eigenvalue weighted by Gasteiger charge is -2.22. The van der Waals surface area contributed by atoms with Gasteiger partial charge in [0, 0.05) is 7.11 Å². The third-order valence-corrected chi connectivity index (χ3v) is 3.44. The molecule has 0 N–H and O–H groups in total. The molecule has 4 nitrogen and oxygen atoms in total. The number of carbonyl (C=O) groups excluding carboxylic acids is 1. The Bertz CT molecular complexity index is 548. The van der Waals surface area contributed by atoms with Crippen molar-refractivity contribution in [3.63, 3.8) is 0 Å². The third kappa shape index (κ3) is 6.54. The number of nitrogens with zero attached hydrogens (tertiary/aromatic N) is 1. The van der Waals surface area contributed by atoms with E-state index < -0.39 is 12.2 Å². The van der Waals surface area contributed by atoms with E-state index in [4.69, 9.17) is 21.1 Å². The number of rotatable bonds is 8. The van der Waals surface area contributed by atoms with Crippen LogP contribution in [0.5, 0.6) is 0 Å². The summed E-state index contributed by atoms with van der Waals surface area (Å²) < 4.78 is 34.6. The van der Waals surface area contributed by atoms with E-state index in [9.17, 15) is 13.6 Å². The van der Waals surface area contributed by atoms with E-state index in [-0.39, 0.29) is 25.3 Å². The van der Waals surface area contributed by atoms with Gasteiger partial charge < -0.3 is 9.47 Å². The first-order chi connectivity index (χ1) is 11.0. The van der Waals surface area contributed by atoms with Gasteiger partial charge in [0.1, 0.15) is 6.73 Å². The van der Waals surface area contributed by atoms with E-state index in [0.29, 0.717) is 23.6 Å². The van der Waals surface area contributed by atoms with Gasteiger partial charge in [0.2, 0.25) is 0 Å². The molecule has 0 fully saturated rings. The van der Waals surface area contributed by atoms with Crippen molar-refractivity contribution in [1.82, 2.24) is 0 Å². The van der Waals surface area contributed by atoms with Crippen LogP contribution in [-0.2, 0) is 9.47 Å². The molecular weight excluding hydrogens is 328 g/mol. The Morgan fingerprint density at radius 2 is 1.96 bits per heavy atom. The minimum atomic E-state index is -1.65. The van der Waals surface area contributed by atoms with Crippen LogP contribution in [0.4, 0.5) is 19.3 Å². The Morgan fingerprint density at radius 3 is 2.57 bits per heavy atom. The van der Waals surface area contributed by atoms with E-state index in [0.717, 1.165) is 0 Å². The van der Waals surface area contributed by atoms with Crippen molar-refractivity contribution in [3.05, 3.63) is 40.9 Å². The van der Waals surface area contributed by atoms with E-state index in [1.54, 1.807) is 24.3 Å². The molecule has 0 aliphatic heterocycles. The molecule has 0 spiro atoms. The average molecular weight is 348 g/mol. The fraction of sp³-hybridized carbons (Fsp3) is 0.438. The lowest BCUT2D eigenvalue weighted by atomic mass is 10.1. The molecule has 0 heterocycles. The molecule has 0 bridgehead atoms. The number of unbranched alkanes of at least 4 members (excludes halogenated alkanes) is 1. The highest BCUT2D eigenvalue weighted by molar-refractivity contribution is 6.33. The van der Waals surface area contributed by atoms with Gasteiger partial charge in [-0.1, -0.05) is 23.7 Å². The maximum Gasteiger partial charge on any atom is 0.416 e. The fourth-order valence-electron chi connectivity index (χ4n) is 1.84. The predicted molar refractivity (Wildman–Crippen MR) is 85.9 cm³/mol. The van der Waals surface area contributed by atoms with E-state index in [2.05, 4.69) is 0 Å². The summed E-state index contributed by atoms with van der Waals surface area (Å²) in [6.45, 7) is 1.53. The smallest absolute Gasteiger partial charge is 0.416 e. The average Bonchev–Trinajstić information content (AvgIpc) is 2.52. The first-order valence-corrected chi connectivity index (χ1v) is 7.53. The lowest BCUT2D eigenvalue weighted by Crippen LogP contribution is -2.33. The Labute approximate surface area is 139 Å². The van der Waals surface area contributed by atoms with Gasteiger partial charge >= 0.3 is 6.09 Å². The zero-order chi connectivity index (χ0) is 17.2. The molecule has 0 saturated heterocycles. The number of ether oxygens (including phenoxy) is 2. The topological polar surface area (TPSA) is 38.8 Å². The first-order valence-electron chi connectivity index (χ1n) is 7.16. The number of methoxy groups -OCH3 is 1. The summed E-state index contributed by atoms with van der Waals surface area (Å²) in [4.78, 5) is 13.4. The summed E-state index contributed by atoms with van der Waals surface area (Å²) in [6.07, 6.45) is -0.936. The standard InChI is InChI=1S/C16H20ClF2NO3/c1-12(15(18)19)7-5-6-10-23-16(21)20(11-22-2)14-9-4-3-8-13(14)17/h3-4,8-9H,5-7,10-11H2,1-2H3. The second-order valence-electron chi connectivity index (χ2n) is 4.91. The Hall–Kier alpha value is -1.66. The van der Waals surface area contributed by atoms with Crippen molar-refractivity contribution in [1.29, 1.82) is 0 Å². The highest BCUT2D eigenvalue weighted by Gasteiger charge is 2.19. The van der Waals surface area contributed by atoms with E-state index in [1.807, 2.05) is 0 Å². The predicted octanol–water partition coefficient (Wildman–Crippen LogP) is 5.23. The number of amides is 1. The van der Waals surface area contributed by atoms with Crippen LogP contribution in [0.1, 0.15) is 26.2 Å². The van der Waals surface area contributed by atoms with Crippen LogP contribution in [0, 0.1) is 0 Å². The summed E-state index contributed by atoms with van der Waals surface area (Å²) in [6, 6.07) is 6.84. The highest BCUT2D eigenvalue weighted by atomic mass is 35.5. The largest absolute Gasteiger partial charge is 0.449 e. The third-order valence-electron chi connectivity index (χ3n) is 3.12. The van der Waals surface area contributed by atoms with Crippen LogP contribution in [0.15, 0.2) is 35.9 Å². The van der Waals surface area contributed by atoms with Crippen molar-refractivity contribution >= 4 is 23.4 Å². The SMILES string of the molecule is COCN(C(=O)OCCCCC(C)=C(F)F)c1ccccc1Cl. The quantitative estimate of drug-likeness (QED) is 0.477. The molecule has 0 saturated carbocycles. The first kappa shape index (κ1) is 19.4. The van der Waals surface area contributed by atoms with Gasteiger partial charge in [0.05, 0.1) is 17.3 Å². The van der Waals surface area contributed by atoms with Gasteiger partial charge in [0.25, 0.3) is 6.08 Å². The van der Waals surface area contributed by atoms with Crippen molar-refractivity contribution in [2.75, 3.05) is 25.3 Å². The van der Waals surface area contributed by atoms with Crippen LogP contribution < -0.4 is 4.90 Å². The number of hydrogen-bond acceptors (Lipinski definition) is 3. The normalized spacial score (nSPS) is 10.3. The van der Waals surface area contributed by atoms with Crippen molar-refractivity contribution in [3.8, 4) is 0 Å². The number of carbonyl (C=O) groups is 1. The summed E-state index contributed by atoms with van der Waals surface area (Å²) in [5.74, 6) is 0. The second-order valence-corrected chi connectivity index (χ2v) is 5.32. The summed E-state index contributed by atoms with van der Waals surface area (Å²) in [5, 5.41) is 0.403. The molecule has 1 aromatic carbocycles. The number of allylic oxidation sites excluding steroid dienone is 1. The molecule has 128 valence electrons. The molecular formula is C16H20ClF2NO3. The van der Waals surface area contributed by atoms with Crippen molar-refractivity contribution < 1.29 is 23.0 Å². The number of anilines is 1. The number of hydrogen-bond donors (Lipinski definition) is 0. The molecule has 0 aliphatic rings. The fourth-order valence-corrected chi connectivity index (χ4v) is 2.08. The minimum absolute atomic E-state index is 0.00250. The zero-order valence-corrected chi connectivity index (χ0v) is 13.9. The summed E-state index contributed by atoms with van der Waals surface area (Å²) in [7, 11) is 1.46. The molecule has 0 aromatic heterocycles. The Balaban J connectivity index is 2.50.